The number of aliphatic hydroxyl groups excluding tert-OH is 1. The Morgan fingerprint density at radius 1 is 1.38 bits per heavy atom. The molecule has 0 unspecified atom stereocenters. The van der Waals surface area contributed by atoms with Gasteiger partial charge in [-0.2, -0.15) is 0 Å². The molecular formula is C19H27FN2O2. The first kappa shape index (κ1) is 17.4. The Hall–Kier alpha value is -1.46. The van der Waals surface area contributed by atoms with Crippen molar-refractivity contribution >= 4 is 5.91 Å². The highest BCUT2D eigenvalue weighted by atomic mass is 19.1. The van der Waals surface area contributed by atoms with E-state index in [2.05, 4.69) is 11.9 Å². The summed E-state index contributed by atoms with van der Waals surface area (Å²) in [6.07, 6.45) is 3.21. The summed E-state index contributed by atoms with van der Waals surface area (Å²) < 4.78 is 13.7. The second-order valence-corrected chi connectivity index (χ2v) is 7.47. The van der Waals surface area contributed by atoms with Crippen molar-refractivity contribution in [3.8, 4) is 0 Å². The summed E-state index contributed by atoms with van der Waals surface area (Å²) in [6.45, 7) is 4.26. The van der Waals surface area contributed by atoms with Crippen molar-refractivity contribution in [3.63, 3.8) is 0 Å². The fourth-order valence-electron chi connectivity index (χ4n) is 4.28. The summed E-state index contributed by atoms with van der Waals surface area (Å²) in [4.78, 5) is 16.8. The number of amides is 1. The van der Waals surface area contributed by atoms with Gasteiger partial charge in [0.2, 0.25) is 5.91 Å². The molecule has 0 saturated carbocycles. The van der Waals surface area contributed by atoms with E-state index in [1.54, 1.807) is 13.0 Å². The minimum Gasteiger partial charge on any atom is -0.396 e. The van der Waals surface area contributed by atoms with Crippen LogP contribution in [-0.4, -0.2) is 60.1 Å². The molecule has 2 atom stereocenters. The van der Waals surface area contributed by atoms with Crippen molar-refractivity contribution in [2.45, 2.75) is 38.6 Å². The van der Waals surface area contributed by atoms with Gasteiger partial charge in [0.15, 0.2) is 0 Å². The van der Waals surface area contributed by atoms with Crippen molar-refractivity contribution in [2.75, 3.05) is 33.3 Å². The molecule has 2 aliphatic rings. The fourth-order valence-corrected chi connectivity index (χ4v) is 4.28. The van der Waals surface area contributed by atoms with Crippen LogP contribution in [0.25, 0.3) is 0 Å². The van der Waals surface area contributed by atoms with Gasteiger partial charge in [-0.05, 0) is 57.0 Å². The second kappa shape index (κ2) is 6.81. The van der Waals surface area contributed by atoms with Crippen LogP contribution in [0, 0.1) is 18.2 Å². The number of benzene rings is 1. The fraction of sp³-hybridized carbons (Fsp3) is 0.632. The number of halogens is 1. The summed E-state index contributed by atoms with van der Waals surface area (Å²) in [7, 11) is 2.08. The van der Waals surface area contributed by atoms with Crippen molar-refractivity contribution < 1.29 is 14.3 Å². The number of aliphatic hydroxyl groups is 1. The highest BCUT2D eigenvalue weighted by Gasteiger charge is 2.47. The summed E-state index contributed by atoms with van der Waals surface area (Å²) in [5, 5.41) is 9.94. The lowest BCUT2D eigenvalue weighted by molar-refractivity contribution is -0.139. The predicted octanol–water partition coefficient (Wildman–Crippen LogP) is 1.98. The Kier molecular flexibility index (Phi) is 4.92. The van der Waals surface area contributed by atoms with E-state index in [1.165, 1.54) is 6.07 Å². The van der Waals surface area contributed by atoms with Crippen LogP contribution in [0.1, 0.15) is 30.4 Å². The Labute approximate surface area is 143 Å². The van der Waals surface area contributed by atoms with Gasteiger partial charge in [-0.3, -0.25) is 4.79 Å². The van der Waals surface area contributed by atoms with Crippen LogP contribution >= 0.6 is 0 Å². The maximum Gasteiger partial charge on any atom is 0.227 e. The molecule has 2 saturated heterocycles. The lowest BCUT2D eigenvalue weighted by Crippen LogP contribution is -2.62. The van der Waals surface area contributed by atoms with Crippen molar-refractivity contribution in [3.05, 3.63) is 35.1 Å². The lowest BCUT2D eigenvalue weighted by Gasteiger charge is -2.53. The minimum absolute atomic E-state index is 0.0452. The Balaban J connectivity index is 1.69. The molecule has 2 aliphatic heterocycles. The maximum atomic E-state index is 13.7. The minimum atomic E-state index is -0.259. The molecule has 3 rings (SSSR count). The van der Waals surface area contributed by atoms with Gasteiger partial charge in [0.25, 0.3) is 0 Å². The number of likely N-dealkylation sites (tertiary alicyclic amines) is 2. The van der Waals surface area contributed by atoms with Gasteiger partial charge in [0.1, 0.15) is 5.82 Å². The summed E-state index contributed by atoms with van der Waals surface area (Å²) >= 11 is 0. The Morgan fingerprint density at radius 2 is 2.17 bits per heavy atom. The average molecular weight is 334 g/mol. The molecular weight excluding hydrogens is 307 g/mol. The maximum absolute atomic E-state index is 13.7. The second-order valence-electron chi connectivity index (χ2n) is 7.47. The SMILES string of the molecule is Cc1ccc(CC(=O)N2CC[C@@]3(CO)CCCN(C)[C@@H]3C2)cc1F. The molecule has 2 heterocycles. The Morgan fingerprint density at radius 3 is 2.88 bits per heavy atom. The Bertz CT molecular complexity index is 621. The van der Waals surface area contributed by atoms with Crippen LogP contribution in [0.2, 0.25) is 0 Å². The van der Waals surface area contributed by atoms with Crippen molar-refractivity contribution in [1.29, 1.82) is 0 Å². The highest BCUT2D eigenvalue weighted by molar-refractivity contribution is 5.79. The van der Waals surface area contributed by atoms with Gasteiger partial charge in [0, 0.05) is 24.5 Å². The molecule has 1 aromatic carbocycles. The molecule has 0 aliphatic carbocycles. The van der Waals surface area contributed by atoms with Gasteiger partial charge in [-0.1, -0.05) is 12.1 Å². The van der Waals surface area contributed by atoms with Crippen LogP contribution in [0.5, 0.6) is 0 Å². The number of carbonyl (C=O) groups is 1. The number of rotatable bonds is 3. The van der Waals surface area contributed by atoms with E-state index >= 15 is 0 Å². The number of fused-ring (bicyclic) bond motifs is 1. The van der Waals surface area contributed by atoms with Gasteiger partial charge >= 0.3 is 0 Å². The van der Waals surface area contributed by atoms with Crippen LogP contribution in [-0.2, 0) is 11.2 Å². The third kappa shape index (κ3) is 3.20. The smallest absolute Gasteiger partial charge is 0.227 e. The molecule has 1 aromatic rings. The van der Waals surface area contributed by atoms with Gasteiger partial charge in [0.05, 0.1) is 13.0 Å². The summed E-state index contributed by atoms with van der Waals surface area (Å²) in [5.74, 6) is -0.214. The molecule has 1 N–H and O–H groups in total. The van der Waals surface area contributed by atoms with E-state index in [-0.39, 0.29) is 36.2 Å². The first-order chi connectivity index (χ1) is 11.4. The number of hydrogen-bond acceptors (Lipinski definition) is 3. The van der Waals surface area contributed by atoms with E-state index < -0.39 is 0 Å². The average Bonchev–Trinajstić information content (AvgIpc) is 2.58. The van der Waals surface area contributed by atoms with E-state index in [1.807, 2.05) is 11.0 Å². The number of carbonyl (C=O) groups excluding carboxylic acids is 1. The molecule has 132 valence electrons. The zero-order valence-electron chi connectivity index (χ0n) is 14.6. The van der Waals surface area contributed by atoms with Crippen molar-refractivity contribution in [1.82, 2.24) is 9.80 Å². The molecule has 1 amide bonds. The predicted molar refractivity (Wildman–Crippen MR) is 91.2 cm³/mol. The third-order valence-corrected chi connectivity index (χ3v) is 5.96. The van der Waals surface area contributed by atoms with E-state index in [9.17, 15) is 14.3 Å². The standard InChI is InChI=1S/C19H27FN2O2/c1-14-4-5-15(10-16(14)20)11-18(24)22-9-7-19(13-23)6-3-8-21(2)17(19)12-22/h4-5,10,17,23H,3,6-9,11-13H2,1-2H3/t17-,19-/m1/s1. The van der Waals surface area contributed by atoms with Gasteiger partial charge in [-0.15, -0.1) is 0 Å². The number of nitrogens with zero attached hydrogens (tertiary/aromatic N) is 2. The normalized spacial score (nSPS) is 27.8. The molecule has 4 nitrogen and oxygen atoms in total. The number of likely N-dealkylation sites (N-methyl/N-ethyl adjacent to an activating group) is 1. The topological polar surface area (TPSA) is 43.8 Å². The van der Waals surface area contributed by atoms with E-state index in [4.69, 9.17) is 0 Å². The first-order valence-electron chi connectivity index (χ1n) is 8.79. The molecule has 0 spiro atoms. The van der Waals surface area contributed by atoms with Crippen LogP contribution < -0.4 is 0 Å². The van der Waals surface area contributed by atoms with E-state index in [0.29, 0.717) is 18.7 Å². The molecule has 0 aromatic heterocycles. The molecule has 2 fully saturated rings. The number of piperidine rings is 2. The van der Waals surface area contributed by atoms with Crippen LogP contribution in [0.4, 0.5) is 4.39 Å². The van der Waals surface area contributed by atoms with Crippen molar-refractivity contribution in [2.24, 2.45) is 5.41 Å². The van der Waals surface area contributed by atoms with Gasteiger partial charge in [-0.25, -0.2) is 4.39 Å². The number of hydrogen-bond donors (Lipinski definition) is 1. The molecule has 0 radical (unpaired) electrons. The van der Waals surface area contributed by atoms with Crippen LogP contribution in [0.3, 0.4) is 0 Å². The first-order valence-corrected chi connectivity index (χ1v) is 8.79. The molecule has 5 heteroatoms. The summed E-state index contributed by atoms with van der Waals surface area (Å²) in [6, 6.07) is 5.22. The van der Waals surface area contributed by atoms with E-state index in [0.717, 1.165) is 31.4 Å². The zero-order valence-corrected chi connectivity index (χ0v) is 14.6. The summed E-state index contributed by atoms with van der Waals surface area (Å²) in [5.41, 5.74) is 1.25. The largest absolute Gasteiger partial charge is 0.396 e. The quantitative estimate of drug-likeness (QED) is 0.919. The lowest BCUT2D eigenvalue weighted by atomic mass is 9.69. The van der Waals surface area contributed by atoms with Gasteiger partial charge < -0.3 is 14.9 Å². The monoisotopic (exact) mass is 334 g/mol. The zero-order chi connectivity index (χ0) is 17.3. The highest BCUT2D eigenvalue weighted by Crippen LogP contribution is 2.41. The number of aryl methyl sites for hydroxylation is 1. The molecule has 0 bridgehead atoms. The third-order valence-electron chi connectivity index (χ3n) is 5.96. The molecule has 24 heavy (non-hydrogen) atoms. The van der Waals surface area contributed by atoms with Crippen LogP contribution in [0.15, 0.2) is 18.2 Å².